The molecule has 0 aromatic rings. The third-order valence-corrected chi connectivity index (χ3v) is 11.5. The van der Waals surface area contributed by atoms with E-state index >= 15 is 0 Å². The topological polar surface area (TPSA) is 0 Å². The predicted molar refractivity (Wildman–Crippen MR) is 130 cm³/mol. The molecule has 0 saturated heterocycles. The van der Waals surface area contributed by atoms with E-state index in [1.807, 2.05) is 0 Å². The lowest BCUT2D eigenvalue weighted by Gasteiger charge is -2.54. The summed E-state index contributed by atoms with van der Waals surface area (Å²) in [5.41, 5.74) is -3.31. The molecule has 0 radical (unpaired) electrons. The highest BCUT2D eigenvalue weighted by atomic mass is 19.4. The van der Waals surface area contributed by atoms with Crippen LogP contribution >= 0.6 is 0 Å². The third kappa shape index (κ3) is 5.86. The van der Waals surface area contributed by atoms with Gasteiger partial charge in [0.1, 0.15) is 0 Å². The summed E-state index contributed by atoms with van der Waals surface area (Å²) in [6, 6.07) is 0. The van der Waals surface area contributed by atoms with Crippen molar-refractivity contribution in [1.29, 1.82) is 0 Å². The average Bonchev–Trinajstić information content (AvgIpc) is 2.74. The Morgan fingerprint density at radius 1 is 0.743 bits per heavy atom. The maximum absolute atomic E-state index is 14.4. The highest BCUT2D eigenvalue weighted by molar-refractivity contribution is 5.00. The fraction of sp³-hybridized carbons (Fsp3) is 1.00. The van der Waals surface area contributed by atoms with Crippen molar-refractivity contribution < 1.29 is 26.3 Å². The summed E-state index contributed by atoms with van der Waals surface area (Å²) in [5.74, 6) is 0.993. The Labute approximate surface area is 209 Å². The van der Waals surface area contributed by atoms with Crippen molar-refractivity contribution >= 4 is 0 Å². The lowest BCUT2D eigenvalue weighted by molar-refractivity contribution is -0.246. The molecule has 3 fully saturated rings. The van der Waals surface area contributed by atoms with Crippen LogP contribution in [-0.4, -0.2) is 12.4 Å². The van der Waals surface area contributed by atoms with Gasteiger partial charge in [0.15, 0.2) is 0 Å². The predicted octanol–water partition coefficient (Wildman–Crippen LogP) is 10.8. The van der Waals surface area contributed by atoms with E-state index in [1.165, 1.54) is 6.92 Å². The number of rotatable bonds is 5. The molecule has 0 aromatic carbocycles. The molecule has 0 bridgehead atoms. The zero-order valence-corrected chi connectivity index (χ0v) is 22.8. The van der Waals surface area contributed by atoms with Crippen molar-refractivity contribution in [2.24, 2.45) is 45.3 Å². The summed E-state index contributed by atoms with van der Waals surface area (Å²) in [6.45, 7) is 12.1. The number of hydrogen-bond acceptors (Lipinski definition) is 0. The van der Waals surface area contributed by atoms with Gasteiger partial charge in [-0.05, 0) is 112 Å². The van der Waals surface area contributed by atoms with E-state index in [4.69, 9.17) is 0 Å². The van der Waals surface area contributed by atoms with Gasteiger partial charge in [0.2, 0.25) is 0 Å². The van der Waals surface area contributed by atoms with Crippen LogP contribution < -0.4 is 0 Å². The Balaban J connectivity index is 1.72. The highest BCUT2D eigenvalue weighted by Gasteiger charge is 2.58. The van der Waals surface area contributed by atoms with Crippen LogP contribution in [0.1, 0.15) is 125 Å². The lowest BCUT2D eigenvalue weighted by atomic mass is 9.52. The Hall–Kier alpha value is -0.420. The summed E-state index contributed by atoms with van der Waals surface area (Å²) in [5, 5.41) is 0. The second-order valence-electron chi connectivity index (χ2n) is 14.1. The fourth-order valence-corrected chi connectivity index (χ4v) is 7.84. The first-order valence-electron chi connectivity index (χ1n) is 14.0. The monoisotopic (exact) mass is 510 g/mol. The van der Waals surface area contributed by atoms with E-state index in [0.29, 0.717) is 37.5 Å². The molecule has 0 aromatic heterocycles. The fourth-order valence-electron chi connectivity index (χ4n) is 7.84. The van der Waals surface area contributed by atoms with Crippen LogP contribution in [0.4, 0.5) is 26.3 Å². The molecule has 4 atom stereocenters. The van der Waals surface area contributed by atoms with Crippen molar-refractivity contribution in [3.8, 4) is 0 Å². The SMILES string of the molecule is CC[C@@]1(C)CC(CC2(C(F)(F)F)CCC(C)CC2)[C@H](C)CC1CC1(C)CCC(C)(C(F)(F)F)CC1. The van der Waals surface area contributed by atoms with Crippen molar-refractivity contribution in [2.45, 2.75) is 137 Å². The summed E-state index contributed by atoms with van der Waals surface area (Å²) in [6.07, 6.45) is -1.26. The number of halogens is 6. The Morgan fingerprint density at radius 2 is 1.29 bits per heavy atom. The van der Waals surface area contributed by atoms with Gasteiger partial charge in [-0.25, -0.2) is 0 Å². The molecule has 3 saturated carbocycles. The zero-order valence-electron chi connectivity index (χ0n) is 22.8. The van der Waals surface area contributed by atoms with Gasteiger partial charge in [0.25, 0.3) is 0 Å². The Bertz CT molecular complexity index is 706. The first kappa shape index (κ1) is 29.1. The van der Waals surface area contributed by atoms with Crippen LogP contribution in [0.25, 0.3) is 0 Å². The van der Waals surface area contributed by atoms with E-state index in [1.54, 1.807) is 0 Å². The van der Waals surface area contributed by atoms with Gasteiger partial charge < -0.3 is 0 Å². The maximum atomic E-state index is 14.4. The molecule has 3 aliphatic rings. The second-order valence-corrected chi connectivity index (χ2v) is 14.1. The van der Waals surface area contributed by atoms with Gasteiger partial charge in [-0.15, -0.1) is 0 Å². The summed E-state index contributed by atoms with van der Waals surface area (Å²) >= 11 is 0. The molecule has 3 rings (SSSR count). The van der Waals surface area contributed by atoms with Crippen molar-refractivity contribution in [1.82, 2.24) is 0 Å². The van der Waals surface area contributed by atoms with Gasteiger partial charge in [0, 0.05) is 0 Å². The molecule has 0 spiro atoms. The molecular formula is C29H48F6. The van der Waals surface area contributed by atoms with Gasteiger partial charge in [-0.3, -0.25) is 0 Å². The van der Waals surface area contributed by atoms with Gasteiger partial charge in [0.05, 0.1) is 10.8 Å². The Kier molecular flexibility index (Phi) is 8.09. The molecule has 206 valence electrons. The maximum Gasteiger partial charge on any atom is 0.394 e. The lowest BCUT2D eigenvalue weighted by Crippen LogP contribution is -2.47. The van der Waals surface area contributed by atoms with E-state index in [-0.39, 0.29) is 54.8 Å². The highest BCUT2D eigenvalue weighted by Crippen LogP contribution is 2.61. The van der Waals surface area contributed by atoms with Gasteiger partial charge in [-0.2, -0.15) is 26.3 Å². The molecule has 0 N–H and O–H groups in total. The van der Waals surface area contributed by atoms with Crippen LogP contribution in [0.3, 0.4) is 0 Å². The number of hydrogen-bond donors (Lipinski definition) is 0. The van der Waals surface area contributed by atoms with E-state index in [0.717, 1.165) is 25.7 Å². The average molecular weight is 511 g/mol. The largest absolute Gasteiger partial charge is 0.394 e. The first-order valence-corrected chi connectivity index (χ1v) is 14.0. The third-order valence-electron chi connectivity index (χ3n) is 11.5. The minimum absolute atomic E-state index is 0.0546. The van der Waals surface area contributed by atoms with Crippen LogP contribution in [0, 0.1) is 45.3 Å². The zero-order chi connectivity index (χ0) is 26.5. The Morgan fingerprint density at radius 3 is 1.74 bits per heavy atom. The van der Waals surface area contributed by atoms with Crippen LogP contribution in [0.15, 0.2) is 0 Å². The van der Waals surface area contributed by atoms with E-state index < -0.39 is 23.2 Å². The molecule has 0 heterocycles. The van der Waals surface area contributed by atoms with Crippen molar-refractivity contribution in [2.75, 3.05) is 0 Å². The summed E-state index contributed by atoms with van der Waals surface area (Å²) < 4.78 is 83.8. The molecule has 0 nitrogen and oxygen atoms in total. The van der Waals surface area contributed by atoms with E-state index in [9.17, 15) is 26.3 Å². The van der Waals surface area contributed by atoms with Crippen LogP contribution in [0.2, 0.25) is 0 Å². The summed E-state index contributed by atoms with van der Waals surface area (Å²) in [4.78, 5) is 0. The minimum Gasteiger partial charge on any atom is -0.171 e. The van der Waals surface area contributed by atoms with Crippen LogP contribution in [-0.2, 0) is 0 Å². The van der Waals surface area contributed by atoms with Crippen molar-refractivity contribution in [3.05, 3.63) is 0 Å². The summed E-state index contributed by atoms with van der Waals surface area (Å²) in [7, 11) is 0. The standard InChI is InChI=1S/C29H48F6/c1-7-25(5)17-22(18-27(29(33,34)35)10-8-20(2)9-11-27)21(3)16-23(25)19-24(4)12-14-26(6,15-13-24)28(30,31)32/h20-23H,7-19H2,1-6H3/t20?,21-,22?,23?,24?,25+,26?,27?/m1/s1. The normalized spacial score (nSPS) is 45.9. The minimum atomic E-state index is -4.16. The molecule has 6 heteroatoms. The van der Waals surface area contributed by atoms with Gasteiger partial charge >= 0.3 is 12.4 Å². The molecule has 2 unspecified atom stereocenters. The quantitative estimate of drug-likeness (QED) is 0.323. The molecular weight excluding hydrogens is 462 g/mol. The van der Waals surface area contributed by atoms with E-state index in [2.05, 4.69) is 34.6 Å². The first-order chi connectivity index (χ1) is 15.9. The van der Waals surface area contributed by atoms with Crippen LogP contribution in [0.5, 0.6) is 0 Å². The molecule has 0 aliphatic heterocycles. The molecule has 3 aliphatic carbocycles. The molecule has 0 amide bonds. The van der Waals surface area contributed by atoms with Crippen molar-refractivity contribution in [3.63, 3.8) is 0 Å². The smallest absolute Gasteiger partial charge is 0.171 e. The second kappa shape index (κ2) is 9.71. The number of alkyl halides is 6. The molecule has 35 heavy (non-hydrogen) atoms. The van der Waals surface area contributed by atoms with Gasteiger partial charge in [-0.1, -0.05) is 48.0 Å².